The average molecular weight is 301 g/mol. The van der Waals surface area contributed by atoms with Crippen molar-refractivity contribution >= 4 is 11.9 Å². The summed E-state index contributed by atoms with van der Waals surface area (Å²) in [5.41, 5.74) is 0.668. The van der Waals surface area contributed by atoms with E-state index >= 15 is 0 Å². The van der Waals surface area contributed by atoms with E-state index in [0.717, 1.165) is 18.8 Å². The lowest BCUT2D eigenvalue weighted by molar-refractivity contribution is 0.0695. The number of benzene rings is 1. The molecular formula is C16H19N3O3. The van der Waals surface area contributed by atoms with Gasteiger partial charge in [-0.25, -0.2) is 9.78 Å². The van der Waals surface area contributed by atoms with E-state index in [1.807, 2.05) is 17.7 Å². The topological polar surface area (TPSA) is 75.4 Å². The number of hydrogen-bond donors (Lipinski definition) is 1. The van der Waals surface area contributed by atoms with Crippen LogP contribution in [0.5, 0.6) is 0 Å². The minimum atomic E-state index is -0.997. The van der Waals surface area contributed by atoms with Crippen molar-refractivity contribution < 1.29 is 14.7 Å². The number of aromatic carboxylic acids is 1. The minimum absolute atomic E-state index is 0.112. The number of carbonyl (C=O) groups is 2. The van der Waals surface area contributed by atoms with E-state index in [-0.39, 0.29) is 11.5 Å². The summed E-state index contributed by atoms with van der Waals surface area (Å²) in [6, 6.07) is 5.97. The average Bonchev–Trinajstić information content (AvgIpc) is 2.92. The lowest BCUT2D eigenvalue weighted by Gasteiger charge is -2.17. The highest BCUT2D eigenvalue weighted by Crippen LogP contribution is 2.08. The van der Waals surface area contributed by atoms with Gasteiger partial charge in [-0.1, -0.05) is 0 Å². The molecule has 0 aliphatic rings. The molecule has 0 unspecified atom stereocenters. The molecule has 6 heteroatoms. The zero-order chi connectivity index (χ0) is 16.1. The highest BCUT2D eigenvalue weighted by atomic mass is 16.4. The van der Waals surface area contributed by atoms with Crippen LogP contribution in [0.1, 0.15) is 33.0 Å². The first-order valence-electron chi connectivity index (χ1n) is 7.05. The van der Waals surface area contributed by atoms with E-state index in [1.54, 1.807) is 30.3 Å². The summed E-state index contributed by atoms with van der Waals surface area (Å²) < 4.78 is 2.04. The second kappa shape index (κ2) is 6.89. The van der Waals surface area contributed by atoms with Gasteiger partial charge >= 0.3 is 5.97 Å². The Labute approximate surface area is 129 Å². The number of carboxylic acid groups (broad SMARTS) is 1. The number of hydrogen-bond acceptors (Lipinski definition) is 3. The van der Waals surface area contributed by atoms with E-state index in [4.69, 9.17) is 5.11 Å². The van der Waals surface area contributed by atoms with Crippen molar-refractivity contribution in [2.24, 2.45) is 0 Å². The SMILES string of the molecule is Cc1nccn1CCCN(C)C(=O)c1ccc(C(=O)O)cc1. The van der Waals surface area contributed by atoms with E-state index in [2.05, 4.69) is 4.98 Å². The number of nitrogens with zero attached hydrogens (tertiary/aromatic N) is 3. The van der Waals surface area contributed by atoms with Crippen LogP contribution in [0, 0.1) is 6.92 Å². The Hall–Kier alpha value is -2.63. The largest absolute Gasteiger partial charge is 0.478 e. The van der Waals surface area contributed by atoms with Crippen LogP contribution in [0.15, 0.2) is 36.7 Å². The van der Waals surface area contributed by atoms with E-state index in [1.165, 1.54) is 12.1 Å². The first-order chi connectivity index (χ1) is 10.5. The third kappa shape index (κ3) is 3.72. The van der Waals surface area contributed by atoms with Crippen LogP contribution < -0.4 is 0 Å². The molecule has 0 saturated heterocycles. The van der Waals surface area contributed by atoms with Crippen LogP contribution in [0.2, 0.25) is 0 Å². The smallest absolute Gasteiger partial charge is 0.335 e. The lowest BCUT2D eigenvalue weighted by Crippen LogP contribution is -2.28. The van der Waals surface area contributed by atoms with Gasteiger partial charge in [0, 0.05) is 38.1 Å². The summed E-state index contributed by atoms with van der Waals surface area (Å²) in [6.07, 6.45) is 4.50. The fourth-order valence-electron chi connectivity index (χ4n) is 2.20. The minimum Gasteiger partial charge on any atom is -0.478 e. The third-order valence-corrected chi connectivity index (χ3v) is 3.54. The molecule has 1 heterocycles. The van der Waals surface area contributed by atoms with Crippen LogP contribution in [-0.2, 0) is 6.54 Å². The zero-order valence-corrected chi connectivity index (χ0v) is 12.7. The Morgan fingerprint density at radius 2 is 1.86 bits per heavy atom. The van der Waals surface area contributed by atoms with Gasteiger partial charge in [0.2, 0.25) is 0 Å². The molecule has 1 aromatic heterocycles. The number of aromatic nitrogens is 2. The molecule has 2 aromatic rings. The van der Waals surface area contributed by atoms with Gasteiger partial charge in [0.25, 0.3) is 5.91 Å². The third-order valence-electron chi connectivity index (χ3n) is 3.54. The molecule has 0 bridgehead atoms. The summed E-state index contributed by atoms with van der Waals surface area (Å²) in [7, 11) is 1.74. The van der Waals surface area contributed by atoms with Crippen molar-refractivity contribution in [3.05, 3.63) is 53.6 Å². The van der Waals surface area contributed by atoms with E-state index in [9.17, 15) is 9.59 Å². The maximum absolute atomic E-state index is 12.2. The molecule has 22 heavy (non-hydrogen) atoms. The van der Waals surface area contributed by atoms with Gasteiger partial charge < -0.3 is 14.6 Å². The number of rotatable bonds is 6. The molecule has 116 valence electrons. The molecule has 0 saturated carbocycles. The Bertz CT molecular complexity index is 662. The Kier molecular flexibility index (Phi) is 4.93. The number of carbonyl (C=O) groups excluding carboxylic acids is 1. The molecule has 0 aliphatic heterocycles. The number of amides is 1. The van der Waals surface area contributed by atoms with Gasteiger partial charge in [0.05, 0.1) is 5.56 Å². The number of carboxylic acids is 1. The Balaban J connectivity index is 1.88. The van der Waals surface area contributed by atoms with Gasteiger partial charge in [-0.2, -0.15) is 0 Å². The molecule has 0 spiro atoms. The summed E-state index contributed by atoms with van der Waals surface area (Å²) in [5, 5.41) is 8.85. The second-order valence-electron chi connectivity index (χ2n) is 5.13. The summed E-state index contributed by atoms with van der Waals surface area (Å²) >= 11 is 0. The summed E-state index contributed by atoms with van der Waals surface area (Å²) in [5.74, 6) is -0.152. The standard InChI is InChI=1S/C16H19N3O3/c1-12-17-8-11-19(12)10-3-9-18(2)15(20)13-4-6-14(7-5-13)16(21)22/h4-8,11H,3,9-10H2,1-2H3,(H,21,22). The van der Waals surface area contributed by atoms with Crippen LogP contribution in [0.4, 0.5) is 0 Å². The van der Waals surface area contributed by atoms with E-state index < -0.39 is 5.97 Å². The predicted octanol–water partition coefficient (Wildman–Crippen LogP) is 2.05. The lowest BCUT2D eigenvalue weighted by atomic mass is 10.1. The van der Waals surface area contributed by atoms with Crippen LogP contribution in [0.3, 0.4) is 0 Å². The normalized spacial score (nSPS) is 10.5. The first-order valence-corrected chi connectivity index (χ1v) is 7.05. The van der Waals surface area contributed by atoms with Gasteiger partial charge in [-0.05, 0) is 37.6 Å². The fourth-order valence-corrected chi connectivity index (χ4v) is 2.20. The molecule has 1 N–H and O–H groups in total. The first kappa shape index (κ1) is 15.8. The van der Waals surface area contributed by atoms with Gasteiger partial charge in [0.1, 0.15) is 5.82 Å². The molecule has 6 nitrogen and oxygen atoms in total. The van der Waals surface area contributed by atoms with Crippen LogP contribution >= 0.6 is 0 Å². The Morgan fingerprint density at radius 1 is 1.23 bits per heavy atom. The van der Waals surface area contributed by atoms with Crippen molar-refractivity contribution in [3.8, 4) is 0 Å². The number of imidazole rings is 1. The van der Waals surface area contributed by atoms with Crippen molar-refractivity contribution in [1.82, 2.24) is 14.5 Å². The molecule has 1 aromatic carbocycles. The molecule has 0 fully saturated rings. The maximum atomic E-state index is 12.2. The highest BCUT2D eigenvalue weighted by Gasteiger charge is 2.12. The predicted molar refractivity (Wildman–Crippen MR) is 81.9 cm³/mol. The summed E-state index contributed by atoms with van der Waals surface area (Å²) in [4.78, 5) is 28.8. The zero-order valence-electron chi connectivity index (χ0n) is 12.7. The van der Waals surface area contributed by atoms with Gasteiger partial charge in [-0.3, -0.25) is 4.79 Å². The Morgan fingerprint density at radius 3 is 2.41 bits per heavy atom. The molecule has 2 rings (SSSR count). The molecule has 0 radical (unpaired) electrons. The second-order valence-corrected chi connectivity index (χ2v) is 5.13. The molecule has 0 atom stereocenters. The number of aryl methyl sites for hydroxylation is 2. The van der Waals surface area contributed by atoms with Gasteiger partial charge in [0.15, 0.2) is 0 Å². The summed E-state index contributed by atoms with van der Waals surface area (Å²) in [6.45, 7) is 3.37. The quantitative estimate of drug-likeness (QED) is 0.886. The molecule has 1 amide bonds. The van der Waals surface area contributed by atoms with Gasteiger partial charge in [-0.15, -0.1) is 0 Å². The van der Waals surface area contributed by atoms with Crippen molar-refractivity contribution in [1.29, 1.82) is 0 Å². The monoisotopic (exact) mass is 301 g/mol. The van der Waals surface area contributed by atoms with Crippen LogP contribution in [0.25, 0.3) is 0 Å². The molecule has 0 aliphatic carbocycles. The molecular weight excluding hydrogens is 282 g/mol. The van der Waals surface area contributed by atoms with Crippen LogP contribution in [-0.4, -0.2) is 45.0 Å². The fraction of sp³-hybridized carbons (Fsp3) is 0.312. The van der Waals surface area contributed by atoms with Crippen molar-refractivity contribution in [2.75, 3.05) is 13.6 Å². The van der Waals surface area contributed by atoms with Crippen molar-refractivity contribution in [3.63, 3.8) is 0 Å². The van der Waals surface area contributed by atoms with E-state index in [0.29, 0.717) is 12.1 Å². The van der Waals surface area contributed by atoms with Crippen molar-refractivity contribution in [2.45, 2.75) is 19.9 Å². The highest BCUT2D eigenvalue weighted by molar-refractivity contribution is 5.95. The maximum Gasteiger partial charge on any atom is 0.335 e.